The highest BCUT2D eigenvalue weighted by molar-refractivity contribution is 5.87. The van der Waals surface area contributed by atoms with Crippen LogP contribution in [0.3, 0.4) is 0 Å². The van der Waals surface area contributed by atoms with Crippen molar-refractivity contribution in [2.75, 3.05) is 18.9 Å². The molecular formula is C21H23FN6O. The predicted molar refractivity (Wildman–Crippen MR) is 108 cm³/mol. The standard InChI is InChI=1S/C21H23FN6O/c1-14(29)25-21-23-11-10-17(26-21)20-19(15-6-8-16(22)9-7-15)24-13-28(20)18-5-3-4-12-27(18)2/h6-11,13,18H,3-5,12H2,1-2H3,(H,23,25,26,29). The minimum Gasteiger partial charge on any atom is -0.312 e. The van der Waals surface area contributed by atoms with Crippen molar-refractivity contribution in [2.24, 2.45) is 0 Å². The Morgan fingerprint density at radius 3 is 2.69 bits per heavy atom. The third kappa shape index (κ3) is 4.02. The van der Waals surface area contributed by atoms with Crippen molar-refractivity contribution in [3.05, 3.63) is 48.7 Å². The summed E-state index contributed by atoms with van der Waals surface area (Å²) in [5.41, 5.74) is 3.00. The summed E-state index contributed by atoms with van der Waals surface area (Å²) in [6, 6.07) is 8.08. The lowest BCUT2D eigenvalue weighted by molar-refractivity contribution is -0.114. The number of nitrogens with zero attached hydrogens (tertiary/aromatic N) is 5. The summed E-state index contributed by atoms with van der Waals surface area (Å²) in [5, 5.41) is 2.63. The number of carbonyl (C=O) groups is 1. The molecule has 4 rings (SSSR count). The largest absolute Gasteiger partial charge is 0.312 e. The van der Waals surface area contributed by atoms with Crippen LogP contribution in [-0.4, -0.2) is 43.9 Å². The van der Waals surface area contributed by atoms with E-state index < -0.39 is 0 Å². The highest BCUT2D eigenvalue weighted by Crippen LogP contribution is 2.35. The summed E-state index contributed by atoms with van der Waals surface area (Å²) in [7, 11) is 2.11. The van der Waals surface area contributed by atoms with Gasteiger partial charge in [0.05, 0.1) is 29.6 Å². The van der Waals surface area contributed by atoms with Crippen molar-refractivity contribution in [3.8, 4) is 22.6 Å². The molecule has 1 atom stereocenters. The van der Waals surface area contributed by atoms with Gasteiger partial charge in [-0.2, -0.15) is 0 Å². The number of amides is 1. The molecule has 2 aromatic heterocycles. The van der Waals surface area contributed by atoms with Crippen LogP contribution in [0.2, 0.25) is 0 Å². The first-order valence-electron chi connectivity index (χ1n) is 9.67. The zero-order valence-electron chi connectivity index (χ0n) is 16.5. The van der Waals surface area contributed by atoms with Crippen LogP contribution in [-0.2, 0) is 4.79 Å². The molecule has 29 heavy (non-hydrogen) atoms. The van der Waals surface area contributed by atoms with Gasteiger partial charge in [-0.3, -0.25) is 15.0 Å². The van der Waals surface area contributed by atoms with E-state index in [0.29, 0.717) is 5.69 Å². The number of benzene rings is 1. The molecule has 1 unspecified atom stereocenters. The van der Waals surface area contributed by atoms with Crippen molar-refractivity contribution in [2.45, 2.75) is 32.4 Å². The summed E-state index contributed by atoms with van der Waals surface area (Å²) in [4.78, 5) is 27.1. The Labute approximate surface area is 168 Å². The molecular weight excluding hydrogens is 371 g/mol. The zero-order chi connectivity index (χ0) is 20.4. The van der Waals surface area contributed by atoms with Gasteiger partial charge in [-0.05, 0) is 63.2 Å². The molecule has 1 N–H and O–H groups in total. The van der Waals surface area contributed by atoms with E-state index in [-0.39, 0.29) is 23.8 Å². The number of imidazole rings is 1. The molecule has 1 amide bonds. The minimum absolute atomic E-state index is 0.152. The van der Waals surface area contributed by atoms with Crippen LogP contribution >= 0.6 is 0 Å². The van der Waals surface area contributed by atoms with Crippen molar-refractivity contribution in [3.63, 3.8) is 0 Å². The van der Waals surface area contributed by atoms with E-state index in [0.717, 1.165) is 36.3 Å². The molecule has 0 saturated carbocycles. The zero-order valence-corrected chi connectivity index (χ0v) is 16.5. The number of carbonyl (C=O) groups excluding carboxylic acids is 1. The number of likely N-dealkylation sites (tertiary alicyclic amines) is 1. The minimum atomic E-state index is -0.295. The second-order valence-electron chi connectivity index (χ2n) is 7.26. The van der Waals surface area contributed by atoms with Crippen LogP contribution in [0.1, 0.15) is 32.4 Å². The Balaban J connectivity index is 1.85. The number of nitrogens with one attached hydrogen (secondary N) is 1. The number of piperidine rings is 1. The molecule has 7 nitrogen and oxygen atoms in total. The smallest absolute Gasteiger partial charge is 0.229 e. The Kier molecular flexibility index (Phi) is 5.35. The second-order valence-corrected chi connectivity index (χ2v) is 7.26. The summed E-state index contributed by atoms with van der Waals surface area (Å²) >= 11 is 0. The van der Waals surface area contributed by atoms with E-state index in [2.05, 4.69) is 36.8 Å². The maximum Gasteiger partial charge on any atom is 0.229 e. The van der Waals surface area contributed by atoms with Gasteiger partial charge in [0.1, 0.15) is 5.82 Å². The molecule has 3 heterocycles. The van der Waals surface area contributed by atoms with E-state index in [9.17, 15) is 9.18 Å². The quantitative estimate of drug-likeness (QED) is 0.730. The topological polar surface area (TPSA) is 75.9 Å². The molecule has 1 aliphatic rings. The number of halogens is 1. The lowest BCUT2D eigenvalue weighted by Gasteiger charge is -2.34. The molecule has 150 valence electrons. The molecule has 8 heteroatoms. The summed E-state index contributed by atoms with van der Waals surface area (Å²) in [5.74, 6) is -0.289. The van der Waals surface area contributed by atoms with Crippen LogP contribution in [0.25, 0.3) is 22.6 Å². The average Bonchev–Trinajstić information content (AvgIpc) is 3.13. The predicted octanol–water partition coefficient (Wildman–Crippen LogP) is 3.72. The van der Waals surface area contributed by atoms with Gasteiger partial charge in [0.25, 0.3) is 0 Å². The van der Waals surface area contributed by atoms with Gasteiger partial charge in [-0.15, -0.1) is 0 Å². The highest BCUT2D eigenvalue weighted by atomic mass is 19.1. The van der Waals surface area contributed by atoms with Crippen LogP contribution in [0.4, 0.5) is 10.3 Å². The fourth-order valence-corrected chi connectivity index (χ4v) is 3.78. The number of hydrogen-bond donors (Lipinski definition) is 1. The van der Waals surface area contributed by atoms with Gasteiger partial charge in [0.15, 0.2) is 0 Å². The first-order chi connectivity index (χ1) is 14.0. The first kappa shape index (κ1) is 19.2. The average molecular weight is 394 g/mol. The number of aromatic nitrogens is 4. The fourth-order valence-electron chi connectivity index (χ4n) is 3.78. The van der Waals surface area contributed by atoms with E-state index in [4.69, 9.17) is 0 Å². The second kappa shape index (κ2) is 8.08. The van der Waals surface area contributed by atoms with Crippen LogP contribution < -0.4 is 5.32 Å². The molecule has 0 spiro atoms. The third-order valence-electron chi connectivity index (χ3n) is 5.15. The van der Waals surface area contributed by atoms with Crippen LogP contribution in [0.15, 0.2) is 42.9 Å². The normalized spacial score (nSPS) is 17.3. The first-order valence-corrected chi connectivity index (χ1v) is 9.67. The van der Waals surface area contributed by atoms with Crippen molar-refractivity contribution in [1.82, 2.24) is 24.4 Å². The van der Waals surface area contributed by atoms with Crippen molar-refractivity contribution >= 4 is 11.9 Å². The Bertz CT molecular complexity index is 1020. The molecule has 1 aliphatic heterocycles. The van der Waals surface area contributed by atoms with E-state index in [1.165, 1.54) is 25.5 Å². The molecule has 1 fully saturated rings. The Morgan fingerprint density at radius 1 is 1.17 bits per heavy atom. The van der Waals surface area contributed by atoms with Gasteiger partial charge in [-0.25, -0.2) is 19.3 Å². The van der Waals surface area contributed by atoms with Crippen molar-refractivity contribution < 1.29 is 9.18 Å². The van der Waals surface area contributed by atoms with E-state index in [1.54, 1.807) is 24.4 Å². The SMILES string of the molecule is CC(=O)Nc1nccc(-c2c(-c3ccc(F)cc3)ncn2C2CCCCN2C)n1. The summed E-state index contributed by atoms with van der Waals surface area (Å²) in [6.45, 7) is 2.43. The lowest BCUT2D eigenvalue weighted by atomic mass is 10.1. The van der Waals surface area contributed by atoms with Gasteiger partial charge in [0, 0.05) is 18.7 Å². The number of hydrogen-bond acceptors (Lipinski definition) is 5. The van der Waals surface area contributed by atoms with Gasteiger partial charge in [0.2, 0.25) is 11.9 Å². The molecule has 1 aromatic carbocycles. The third-order valence-corrected chi connectivity index (χ3v) is 5.15. The fraction of sp³-hybridized carbons (Fsp3) is 0.333. The summed E-state index contributed by atoms with van der Waals surface area (Å²) < 4.78 is 15.6. The lowest BCUT2D eigenvalue weighted by Crippen LogP contribution is -2.33. The van der Waals surface area contributed by atoms with Gasteiger partial charge in [-0.1, -0.05) is 0 Å². The molecule has 0 bridgehead atoms. The molecule has 0 radical (unpaired) electrons. The Hall–Kier alpha value is -3.13. The van der Waals surface area contributed by atoms with Gasteiger partial charge >= 0.3 is 0 Å². The molecule has 0 aliphatic carbocycles. The maximum atomic E-state index is 13.5. The molecule has 3 aromatic rings. The van der Waals surface area contributed by atoms with Crippen LogP contribution in [0, 0.1) is 5.82 Å². The summed E-state index contributed by atoms with van der Waals surface area (Å²) in [6.07, 6.45) is 6.90. The maximum absolute atomic E-state index is 13.5. The van der Waals surface area contributed by atoms with E-state index in [1.807, 2.05) is 6.33 Å². The van der Waals surface area contributed by atoms with Crippen molar-refractivity contribution in [1.29, 1.82) is 0 Å². The van der Waals surface area contributed by atoms with E-state index >= 15 is 0 Å². The van der Waals surface area contributed by atoms with Crippen LogP contribution in [0.5, 0.6) is 0 Å². The van der Waals surface area contributed by atoms with Gasteiger partial charge < -0.3 is 4.57 Å². The molecule has 1 saturated heterocycles. The highest BCUT2D eigenvalue weighted by Gasteiger charge is 2.26. The number of anilines is 1. The Morgan fingerprint density at radius 2 is 1.97 bits per heavy atom. The number of rotatable bonds is 4. The monoisotopic (exact) mass is 394 g/mol.